The average Bonchev–Trinajstić information content (AvgIpc) is 2.11. The van der Waals surface area contributed by atoms with Crippen LogP contribution in [0, 0.1) is 6.92 Å². The standard InChI is InChI=1S/C7H8O.2C2H6/c1-6-3-2-4-7(8)5-6;2*1-2/h2-5,8H,1H3;2*1-2H3. The fourth-order valence-corrected chi connectivity index (χ4v) is 0.628. The third-order valence-electron chi connectivity index (χ3n) is 1.00. The van der Waals surface area contributed by atoms with Crippen molar-refractivity contribution in [3.63, 3.8) is 0 Å². The van der Waals surface area contributed by atoms with E-state index in [9.17, 15) is 0 Å². The lowest BCUT2D eigenvalue weighted by Crippen LogP contribution is -1.66. The Morgan fingerprint density at radius 1 is 1.00 bits per heavy atom. The maximum atomic E-state index is 8.81. The molecular formula is C11H20O. The van der Waals surface area contributed by atoms with Crippen LogP contribution in [-0.4, -0.2) is 5.11 Å². The second kappa shape index (κ2) is 10.0. The number of hydrogen-bond acceptors (Lipinski definition) is 1. The molecule has 0 heterocycles. The van der Waals surface area contributed by atoms with Crippen LogP contribution in [0.15, 0.2) is 24.3 Å². The van der Waals surface area contributed by atoms with Gasteiger partial charge in [0.2, 0.25) is 0 Å². The smallest absolute Gasteiger partial charge is 0.115 e. The predicted octanol–water partition coefficient (Wildman–Crippen LogP) is 3.75. The minimum Gasteiger partial charge on any atom is -0.508 e. The molecule has 0 aliphatic carbocycles. The van der Waals surface area contributed by atoms with Crippen molar-refractivity contribution in [2.45, 2.75) is 34.6 Å². The molecule has 0 radical (unpaired) electrons. The second-order valence-corrected chi connectivity index (χ2v) is 1.84. The first-order valence-corrected chi connectivity index (χ1v) is 4.54. The highest BCUT2D eigenvalue weighted by Gasteiger charge is 1.83. The molecule has 1 heteroatoms. The SMILES string of the molecule is CC.CC.Cc1cccc(O)c1. The summed E-state index contributed by atoms with van der Waals surface area (Å²) in [7, 11) is 0. The van der Waals surface area contributed by atoms with E-state index in [0.29, 0.717) is 5.75 Å². The van der Waals surface area contributed by atoms with E-state index in [2.05, 4.69) is 0 Å². The summed E-state index contributed by atoms with van der Waals surface area (Å²) < 4.78 is 0. The number of hydrogen-bond donors (Lipinski definition) is 1. The van der Waals surface area contributed by atoms with Crippen LogP contribution in [0.5, 0.6) is 5.75 Å². The van der Waals surface area contributed by atoms with Crippen LogP contribution in [0.25, 0.3) is 0 Å². The molecular weight excluding hydrogens is 148 g/mol. The van der Waals surface area contributed by atoms with E-state index in [1.54, 1.807) is 12.1 Å². The molecule has 1 aromatic carbocycles. The molecule has 70 valence electrons. The maximum Gasteiger partial charge on any atom is 0.115 e. The molecule has 0 bridgehead atoms. The van der Waals surface area contributed by atoms with E-state index in [1.165, 1.54) is 0 Å². The second-order valence-electron chi connectivity index (χ2n) is 1.84. The predicted molar refractivity (Wildman–Crippen MR) is 55.5 cm³/mol. The van der Waals surface area contributed by atoms with E-state index in [1.807, 2.05) is 46.8 Å². The minimum atomic E-state index is 0.338. The summed E-state index contributed by atoms with van der Waals surface area (Å²) in [6, 6.07) is 7.15. The fraction of sp³-hybridized carbons (Fsp3) is 0.455. The van der Waals surface area contributed by atoms with Gasteiger partial charge in [-0.15, -0.1) is 0 Å². The van der Waals surface area contributed by atoms with Gasteiger partial charge < -0.3 is 5.11 Å². The van der Waals surface area contributed by atoms with E-state index in [-0.39, 0.29) is 0 Å². The molecule has 1 nitrogen and oxygen atoms in total. The molecule has 1 N–H and O–H groups in total. The van der Waals surface area contributed by atoms with Crippen molar-refractivity contribution < 1.29 is 5.11 Å². The normalized spacial score (nSPS) is 7.08. The van der Waals surface area contributed by atoms with Gasteiger partial charge in [-0.3, -0.25) is 0 Å². The van der Waals surface area contributed by atoms with Gasteiger partial charge in [-0.2, -0.15) is 0 Å². The van der Waals surface area contributed by atoms with Gasteiger partial charge in [0, 0.05) is 0 Å². The van der Waals surface area contributed by atoms with Gasteiger partial charge in [0.15, 0.2) is 0 Å². The highest BCUT2D eigenvalue weighted by atomic mass is 16.3. The Balaban J connectivity index is 0. The molecule has 1 rings (SSSR count). The number of aromatic hydroxyl groups is 1. The van der Waals surface area contributed by atoms with E-state index in [0.717, 1.165) is 5.56 Å². The first kappa shape index (κ1) is 13.6. The minimum absolute atomic E-state index is 0.338. The fourth-order valence-electron chi connectivity index (χ4n) is 0.628. The molecule has 0 aliphatic rings. The van der Waals surface area contributed by atoms with Crippen molar-refractivity contribution in [3.8, 4) is 5.75 Å². The Morgan fingerprint density at radius 2 is 1.50 bits per heavy atom. The molecule has 0 aliphatic heterocycles. The number of phenolic OH excluding ortho intramolecular Hbond substituents is 1. The van der Waals surface area contributed by atoms with Gasteiger partial charge in [-0.25, -0.2) is 0 Å². The Kier molecular flexibility index (Phi) is 11.4. The van der Waals surface area contributed by atoms with Crippen molar-refractivity contribution in [3.05, 3.63) is 29.8 Å². The largest absolute Gasteiger partial charge is 0.508 e. The van der Waals surface area contributed by atoms with Crippen molar-refractivity contribution in [2.75, 3.05) is 0 Å². The van der Waals surface area contributed by atoms with Gasteiger partial charge in [-0.05, 0) is 24.6 Å². The Labute approximate surface area is 76.1 Å². The first-order chi connectivity index (χ1) is 5.79. The molecule has 0 atom stereocenters. The molecule has 0 aromatic heterocycles. The summed E-state index contributed by atoms with van der Waals surface area (Å²) >= 11 is 0. The third-order valence-corrected chi connectivity index (χ3v) is 1.00. The van der Waals surface area contributed by atoms with E-state index >= 15 is 0 Å². The van der Waals surface area contributed by atoms with Crippen molar-refractivity contribution >= 4 is 0 Å². The molecule has 0 saturated carbocycles. The van der Waals surface area contributed by atoms with E-state index < -0.39 is 0 Å². The molecule has 0 unspecified atom stereocenters. The van der Waals surface area contributed by atoms with Crippen LogP contribution in [0.2, 0.25) is 0 Å². The van der Waals surface area contributed by atoms with Crippen LogP contribution < -0.4 is 0 Å². The number of rotatable bonds is 0. The lowest BCUT2D eigenvalue weighted by Gasteiger charge is -1.89. The summed E-state index contributed by atoms with van der Waals surface area (Å²) in [6.45, 7) is 9.94. The van der Waals surface area contributed by atoms with Gasteiger partial charge in [0.1, 0.15) is 5.75 Å². The Hall–Kier alpha value is -0.980. The van der Waals surface area contributed by atoms with Gasteiger partial charge >= 0.3 is 0 Å². The summed E-state index contributed by atoms with van der Waals surface area (Å²) in [5.74, 6) is 0.338. The number of benzene rings is 1. The molecule has 1 aromatic rings. The third kappa shape index (κ3) is 7.13. The van der Waals surface area contributed by atoms with Gasteiger partial charge in [-0.1, -0.05) is 39.8 Å². The number of phenols is 1. The van der Waals surface area contributed by atoms with Crippen LogP contribution in [0.3, 0.4) is 0 Å². The molecule has 12 heavy (non-hydrogen) atoms. The summed E-state index contributed by atoms with van der Waals surface area (Å²) in [6.07, 6.45) is 0. The zero-order valence-corrected chi connectivity index (χ0v) is 8.76. The number of aryl methyl sites for hydroxylation is 1. The summed E-state index contributed by atoms with van der Waals surface area (Å²) in [5.41, 5.74) is 1.09. The van der Waals surface area contributed by atoms with Crippen molar-refractivity contribution in [1.82, 2.24) is 0 Å². The zero-order chi connectivity index (χ0) is 9.98. The van der Waals surface area contributed by atoms with Crippen LogP contribution in [-0.2, 0) is 0 Å². The average molecular weight is 168 g/mol. The van der Waals surface area contributed by atoms with Crippen LogP contribution in [0.4, 0.5) is 0 Å². The lowest BCUT2D eigenvalue weighted by molar-refractivity contribution is 0.475. The van der Waals surface area contributed by atoms with Crippen molar-refractivity contribution in [1.29, 1.82) is 0 Å². The molecule has 0 amide bonds. The van der Waals surface area contributed by atoms with Crippen molar-refractivity contribution in [2.24, 2.45) is 0 Å². The molecule has 0 saturated heterocycles. The van der Waals surface area contributed by atoms with E-state index in [4.69, 9.17) is 5.11 Å². The molecule has 0 fully saturated rings. The zero-order valence-electron chi connectivity index (χ0n) is 8.76. The highest BCUT2D eigenvalue weighted by molar-refractivity contribution is 5.25. The molecule has 0 spiro atoms. The maximum absolute atomic E-state index is 8.81. The topological polar surface area (TPSA) is 20.2 Å². The van der Waals surface area contributed by atoms with Gasteiger partial charge in [0.25, 0.3) is 0 Å². The monoisotopic (exact) mass is 168 g/mol. The van der Waals surface area contributed by atoms with Gasteiger partial charge in [0.05, 0.1) is 0 Å². The summed E-state index contributed by atoms with van der Waals surface area (Å²) in [5, 5.41) is 8.81. The van der Waals surface area contributed by atoms with Crippen LogP contribution >= 0.6 is 0 Å². The quantitative estimate of drug-likeness (QED) is 0.625. The lowest BCUT2D eigenvalue weighted by atomic mass is 10.2. The highest BCUT2D eigenvalue weighted by Crippen LogP contribution is 2.08. The van der Waals surface area contributed by atoms with Crippen LogP contribution in [0.1, 0.15) is 33.3 Å². The first-order valence-electron chi connectivity index (χ1n) is 4.54. The summed E-state index contributed by atoms with van der Waals surface area (Å²) in [4.78, 5) is 0. The Bertz CT molecular complexity index is 165. The Morgan fingerprint density at radius 3 is 1.75 bits per heavy atom.